The summed E-state index contributed by atoms with van der Waals surface area (Å²) in [6, 6.07) is 5.06. The summed E-state index contributed by atoms with van der Waals surface area (Å²) in [7, 11) is 3.67. The molecule has 0 aliphatic heterocycles. The van der Waals surface area contributed by atoms with E-state index in [0.717, 1.165) is 24.1 Å². The van der Waals surface area contributed by atoms with Crippen LogP contribution in [0, 0.1) is 5.82 Å². The van der Waals surface area contributed by atoms with Gasteiger partial charge in [-0.05, 0) is 19.2 Å². The number of hydrogen-bond donors (Lipinski definition) is 1. The highest BCUT2D eigenvalue weighted by Crippen LogP contribution is 2.20. The lowest BCUT2D eigenvalue weighted by atomic mass is 10.2. The van der Waals surface area contributed by atoms with Crippen LogP contribution in [0.5, 0.6) is 0 Å². The normalized spacial score (nSPS) is 11.2. The first kappa shape index (κ1) is 15.6. The van der Waals surface area contributed by atoms with Crippen LogP contribution in [0.4, 0.5) is 4.39 Å². The first-order chi connectivity index (χ1) is 8.65. The van der Waals surface area contributed by atoms with Gasteiger partial charge < -0.3 is 15.0 Å². The molecule has 0 fully saturated rings. The molecule has 5 heteroatoms. The minimum atomic E-state index is -0.163. The predicted octanol–water partition coefficient (Wildman–Crippen LogP) is 2.26. The second-order valence-electron chi connectivity index (χ2n) is 4.18. The fraction of sp³-hybridized carbons (Fsp3) is 0.538. The van der Waals surface area contributed by atoms with E-state index in [-0.39, 0.29) is 5.82 Å². The van der Waals surface area contributed by atoms with E-state index in [2.05, 4.69) is 26.1 Å². The average molecular weight is 319 g/mol. The smallest absolute Gasteiger partial charge is 0.128 e. The summed E-state index contributed by atoms with van der Waals surface area (Å²) >= 11 is 3.38. The van der Waals surface area contributed by atoms with Gasteiger partial charge in [0.25, 0.3) is 0 Å². The van der Waals surface area contributed by atoms with Crippen molar-refractivity contribution in [2.24, 2.45) is 0 Å². The third kappa shape index (κ3) is 5.44. The van der Waals surface area contributed by atoms with Gasteiger partial charge in [0, 0.05) is 43.3 Å². The van der Waals surface area contributed by atoms with Gasteiger partial charge in [-0.15, -0.1) is 0 Å². The number of nitrogens with one attached hydrogen (secondary N) is 1. The van der Waals surface area contributed by atoms with Gasteiger partial charge in [0.1, 0.15) is 5.82 Å². The molecule has 0 bridgehead atoms. The van der Waals surface area contributed by atoms with E-state index in [1.54, 1.807) is 13.2 Å². The van der Waals surface area contributed by atoms with Crippen molar-refractivity contribution in [2.45, 2.75) is 6.54 Å². The lowest BCUT2D eigenvalue weighted by molar-refractivity contribution is 0.197. The standard InChI is InChI=1S/C13H20BrFN2O/c1-17(8-6-16-7-9-18-2)10-11-12(14)4-3-5-13(11)15/h3-5,16H,6-10H2,1-2H3. The van der Waals surface area contributed by atoms with E-state index < -0.39 is 0 Å². The molecular weight excluding hydrogens is 299 g/mol. The van der Waals surface area contributed by atoms with Crippen LogP contribution >= 0.6 is 15.9 Å². The quantitative estimate of drug-likeness (QED) is 0.744. The number of nitrogens with zero attached hydrogens (tertiary/aromatic N) is 1. The lowest BCUT2D eigenvalue weighted by Crippen LogP contribution is -2.30. The second-order valence-corrected chi connectivity index (χ2v) is 5.04. The summed E-state index contributed by atoms with van der Waals surface area (Å²) < 4.78 is 19.4. The highest BCUT2D eigenvalue weighted by molar-refractivity contribution is 9.10. The highest BCUT2D eigenvalue weighted by atomic mass is 79.9. The van der Waals surface area contributed by atoms with E-state index in [9.17, 15) is 4.39 Å². The molecule has 0 heterocycles. The van der Waals surface area contributed by atoms with E-state index in [1.165, 1.54) is 6.07 Å². The van der Waals surface area contributed by atoms with Gasteiger partial charge in [0.2, 0.25) is 0 Å². The Morgan fingerprint density at radius 1 is 1.39 bits per heavy atom. The van der Waals surface area contributed by atoms with Crippen molar-refractivity contribution in [3.05, 3.63) is 34.1 Å². The number of hydrogen-bond acceptors (Lipinski definition) is 3. The third-order valence-corrected chi connectivity index (χ3v) is 3.39. The van der Waals surface area contributed by atoms with E-state index >= 15 is 0 Å². The molecule has 0 amide bonds. The molecule has 0 atom stereocenters. The third-order valence-electron chi connectivity index (χ3n) is 2.64. The number of ether oxygens (including phenoxy) is 1. The molecule has 0 spiro atoms. The first-order valence-corrected chi connectivity index (χ1v) is 6.75. The summed E-state index contributed by atoms with van der Waals surface area (Å²) in [6.45, 7) is 3.88. The van der Waals surface area contributed by atoms with Crippen molar-refractivity contribution in [1.82, 2.24) is 10.2 Å². The SMILES string of the molecule is COCCNCCN(C)Cc1c(F)cccc1Br. The number of methoxy groups -OCH3 is 1. The zero-order valence-electron chi connectivity index (χ0n) is 10.9. The maximum Gasteiger partial charge on any atom is 0.128 e. The van der Waals surface area contributed by atoms with Crippen LogP contribution in [0.2, 0.25) is 0 Å². The van der Waals surface area contributed by atoms with E-state index in [4.69, 9.17) is 4.74 Å². The summed E-state index contributed by atoms with van der Waals surface area (Å²) in [5.74, 6) is -0.163. The van der Waals surface area contributed by atoms with Gasteiger partial charge in [-0.1, -0.05) is 22.0 Å². The van der Waals surface area contributed by atoms with Crippen LogP contribution in [0.3, 0.4) is 0 Å². The van der Waals surface area contributed by atoms with Gasteiger partial charge in [-0.3, -0.25) is 0 Å². The first-order valence-electron chi connectivity index (χ1n) is 5.96. The van der Waals surface area contributed by atoms with Crippen molar-refractivity contribution in [3.63, 3.8) is 0 Å². The molecule has 0 saturated carbocycles. The van der Waals surface area contributed by atoms with Gasteiger partial charge >= 0.3 is 0 Å². The molecule has 3 nitrogen and oxygen atoms in total. The number of likely N-dealkylation sites (N-methyl/N-ethyl adjacent to an activating group) is 1. The molecule has 0 saturated heterocycles. The molecule has 102 valence electrons. The van der Waals surface area contributed by atoms with Crippen LogP contribution in [-0.4, -0.2) is 45.3 Å². The van der Waals surface area contributed by atoms with Crippen molar-refractivity contribution >= 4 is 15.9 Å². The topological polar surface area (TPSA) is 24.5 Å². The monoisotopic (exact) mass is 318 g/mol. The summed E-state index contributed by atoms with van der Waals surface area (Å²) in [6.07, 6.45) is 0. The average Bonchev–Trinajstić information content (AvgIpc) is 2.34. The Morgan fingerprint density at radius 3 is 2.83 bits per heavy atom. The minimum absolute atomic E-state index is 0.163. The largest absolute Gasteiger partial charge is 0.383 e. The van der Waals surface area contributed by atoms with E-state index in [1.807, 2.05) is 13.1 Å². The lowest BCUT2D eigenvalue weighted by Gasteiger charge is -2.18. The Labute approximate surface area is 116 Å². The minimum Gasteiger partial charge on any atom is -0.383 e. The van der Waals surface area contributed by atoms with Crippen LogP contribution in [0.1, 0.15) is 5.56 Å². The molecule has 18 heavy (non-hydrogen) atoms. The number of halogens is 2. The van der Waals surface area contributed by atoms with Crippen molar-refractivity contribution in [2.75, 3.05) is 40.4 Å². The van der Waals surface area contributed by atoms with Gasteiger partial charge in [-0.25, -0.2) is 4.39 Å². The van der Waals surface area contributed by atoms with Gasteiger partial charge in [0.15, 0.2) is 0 Å². The molecule has 0 aromatic heterocycles. The van der Waals surface area contributed by atoms with Crippen LogP contribution in [-0.2, 0) is 11.3 Å². The molecule has 1 N–H and O–H groups in total. The van der Waals surface area contributed by atoms with Crippen molar-refractivity contribution in [1.29, 1.82) is 0 Å². The van der Waals surface area contributed by atoms with Crippen molar-refractivity contribution in [3.8, 4) is 0 Å². The summed E-state index contributed by atoms with van der Waals surface area (Å²) in [4.78, 5) is 2.09. The number of benzene rings is 1. The summed E-state index contributed by atoms with van der Waals surface area (Å²) in [5, 5.41) is 3.26. The maximum absolute atomic E-state index is 13.6. The molecule has 1 rings (SSSR count). The Morgan fingerprint density at radius 2 is 2.17 bits per heavy atom. The zero-order chi connectivity index (χ0) is 13.4. The van der Waals surface area contributed by atoms with Crippen LogP contribution < -0.4 is 5.32 Å². The predicted molar refractivity (Wildman–Crippen MR) is 75.2 cm³/mol. The molecule has 0 aliphatic carbocycles. The molecule has 1 aromatic carbocycles. The Bertz CT molecular complexity index is 343. The Balaban J connectivity index is 2.33. The van der Waals surface area contributed by atoms with E-state index in [0.29, 0.717) is 18.7 Å². The van der Waals surface area contributed by atoms with Crippen molar-refractivity contribution < 1.29 is 9.13 Å². The zero-order valence-corrected chi connectivity index (χ0v) is 12.5. The fourth-order valence-electron chi connectivity index (χ4n) is 1.60. The Hall–Kier alpha value is -0.490. The second kappa shape index (κ2) is 8.58. The fourth-order valence-corrected chi connectivity index (χ4v) is 2.07. The molecule has 0 radical (unpaired) electrons. The highest BCUT2D eigenvalue weighted by Gasteiger charge is 2.08. The van der Waals surface area contributed by atoms with Gasteiger partial charge in [-0.2, -0.15) is 0 Å². The Kier molecular flexibility index (Phi) is 7.42. The maximum atomic E-state index is 13.6. The molecule has 0 unspecified atom stereocenters. The molecule has 0 aliphatic rings. The molecular formula is C13H20BrFN2O. The number of rotatable bonds is 8. The van der Waals surface area contributed by atoms with Gasteiger partial charge in [0.05, 0.1) is 6.61 Å². The van der Waals surface area contributed by atoms with Crippen LogP contribution in [0.25, 0.3) is 0 Å². The summed E-state index contributed by atoms with van der Waals surface area (Å²) in [5.41, 5.74) is 0.705. The van der Waals surface area contributed by atoms with Crippen LogP contribution in [0.15, 0.2) is 22.7 Å². The molecule has 1 aromatic rings.